The van der Waals surface area contributed by atoms with Crippen LogP contribution in [-0.4, -0.2) is 70.8 Å². The normalized spacial score (nSPS) is 22.0. The molecule has 0 amide bonds. The third kappa shape index (κ3) is 5.26. The molecule has 7 heteroatoms. The van der Waals surface area contributed by atoms with Crippen LogP contribution in [0.5, 0.6) is 0 Å². The van der Waals surface area contributed by atoms with E-state index in [1.807, 2.05) is 11.9 Å². The molecule has 25 heavy (non-hydrogen) atoms. The third-order valence-electron chi connectivity index (χ3n) is 4.42. The fraction of sp³-hybridized carbons (Fsp3) is 0.611. The van der Waals surface area contributed by atoms with E-state index in [-0.39, 0.29) is 22.9 Å². The number of Topliss-reactive ketones (excluding diaryl/α,β-unsaturated/α-hetero) is 1. The summed E-state index contributed by atoms with van der Waals surface area (Å²) in [7, 11) is -1.51. The second-order valence-electron chi connectivity index (χ2n) is 6.95. The highest BCUT2D eigenvalue weighted by atomic mass is 32.2. The lowest BCUT2D eigenvalue weighted by molar-refractivity contribution is -0.0670. The summed E-state index contributed by atoms with van der Waals surface area (Å²) >= 11 is 0. The van der Waals surface area contributed by atoms with Crippen molar-refractivity contribution in [2.45, 2.75) is 37.9 Å². The topological polar surface area (TPSA) is 66.9 Å². The van der Waals surface area contributed by atoms with Crippen LogP contribution < -0.4 is 4.90 Å². The first-order chi connectivity index (χ1) is 11.6. The zero-order valence-electron chi connectivity index (χ0n) is 15.7. The van der Waals surface area contributed by atoms with Crippen molar-refractivity contribution in [3.05, 3.63) is 23.8 Å². The Kier molecular flexibility index (Phi) is 6.24. The number of benzene rings is 1. The van der Waals surface area contributed by atoms with Crippen LogP contribution in [0.3, 0.4) is 0 Å². The lowest BCUT2D eigenvalue weighted by Gasteiger charge is -2.36. The first-order valence-electron chi connectivity index (χ1n) is 8.52. The van der Waals surface area contributed by atoms with Crippen molar-refractivity contribution in [3.63, 3.8) is 0 Å². The minimum absolute atomic E-state index is 0.0782. The predicted molar refractivity (Wildman–Crippen MR) is 99.3 cm³/mol. The van der Waals surface area contributed by atoms with E-state index < -0.39 is 9.84 Å². The molecule has 0 aliphatic carbocycles. The van der Waals surface area contributed by atoms with E-state index in [1.54, 1.807) is 12.1 Å². The van der Waals surface area contributed by atoms with Crippen LogP contribution >= 0.6 is 0 Å². The molecule has 140 valence electrons. The number of sulfone groups is 1. The summed E-state index contributed by atoms with van der Waals surface area (Å²) in [6.07, 6.45) is 1.58. The quantitative estimate of drug-likeness (QED) is 0.714. The van der Waals surface area contributed by atoms with E-state index >= 15 is 0 Å². The van der Waals surface area contributed by atoms with Crippen LogP contribution in [0.1, 0.15) is 31.1 Å². The number of ketones is 1. The number of likely N-dealkylation sites (N-methyl/N-ethyl adjacent to an activating group) is 1. The number of anilines is 1. The van der Waals surface area contributed by atoms with Gasteiger partial charge in [-0.05, 0) is 39.0 Å². The number of ether oxygens (including phenoxy) is 1. The van der Waals surface area contributed by atoms with Crippen molar-refractivity contribution >= 4 is 21.3 Å². The Hall–Kier alpha value is -1.44. The molecular formula is C18H28N2O4S. The van der Waals surface area contributed by atoms with E-state index in [2.05, 4.69) is 18.7 Å². The summed E-state index contributed by atoms with van der Waals surface area (Å²) in [6.45, 7) is 8.81. The van der Waals surface area contributed by atoms with Gasteiger partial charge in [-0.1, -0.05) is 0 Å². The molecule has 1 saturated heterocycles. The summed E-state index contributed by atoms with van der Waals surface area (Å²) < 4.78 is 29.9. The maximum Gasteiger partial charge on any atom is 0.177 e. The summed E-state index contributed by atoms with van der Waals surface area (Å²) in [4.78, 5) is 16.2. The van der Waals surface area contributed by atoms with Gasteiger partial charge in [0, 0.05) is 45.0 Å². The molecule has 2 rings (SSSR count). The van der Waals surface area contributed by atoms with Gasteiger partial charge in [0.2, 0.25) is 0 Å². The average Bonchev–Trinajstić information content (AvgIpc) is 2.50. The molecule has 1 aliphatic heterocycles. The van der Waals surface area contributed by atoms with Crippen molar-refractivity contribution in [3.8, 4) is 0 Å². The smallest absolute Gasteiger partial charge is 0.177 e. The molecule has 1 aromatic rings. The molecule has 0 radical (unpaired) electrons. The number of rotatable bonds is 6. The third-order valence-corrected chi connectivity index (χ3v) is 5.57. The van der Waals surface area contributed by atoms with Crippen LogP contribution in [0.25, 0.3) is 0 Å². The molecule has 0 unspecified atom stereocenters. The summed E-state index contributed by atoms with van der Waals surface area (Å²) in [5.41, 5.74) is 1.09. The van der Waals surface area contributed by atoms with Gasteiger partial charge in [-0.15, -0.1) is 0 Å². The highest BCUT2D eigenvalue weighted by Crippen LogP contribution is 2.26. The first-order valence-corrected chi connectivity index (χ1v) is 10.4. The number of hydrogen-bond acceptors (Lipinski definition) is 6. The molecule has 6 nitrogen and oxygen atoms in total. The Morgan fingerprint density at radius 1 is 1.28 bits per heavy atom. The maximum atomic E-state index is 12.1. The molecule has 0 N–H and O–H groups in total. The standard InChI is InChI=1S/C18H28N2O4S/c1-13-11-20(12-14(2)24-13)9-8-19(4)17-10-16(15(3)21)6-7-18(17)25(5,22)23/h6-7,10,13-14H,8-9,11-12H2,1-5H3/t13-,14+. The highest BCUT2D eigenvalue weighted by molar-refractivity contribution is 7.90. The minimum atomic E-state index is -3.37. The number of carbonyl (C=O) groups is 1. The largest absolute Gasteiger partial charge is 0.373 e. The minimum Gasteiger partial charge on any atom is -0.373 e. The number of hydrogen-bond donors (Lipinski definition) is 0. The Morgan fingerprint density at radius 2 is 1.88 bits per heavy atom. The van der Waals surface area contributed by atoms with Crippen LogP contribution in [-0.2, 0) is 14.6 Å². The van der Waals surface area contributed by atoms with E-state index in [4.69, 9.17) is 4.74 Å². The van der Waals surface area contributed by atoms with Crippen molar-refractivity contribution in [2.75, 3.05) is 44.4 Å². The summed E-state index contributed by atoms with van der Waals surface area (Å²) in [6, 6.07) is 4.77. The molecule has 1 aromatic carbocycles. The number of carbonyl (C=O) groups excluding carboxylic acids is 1. The predicted octanol–water partition coefficient (Wildman–Crippen LogP) is 1.84. The Morgan fingerprint density at radius 3 is 2.40 bits per heavy atom. The van der Waals surface area contributed by atoms with Crippen molar-refractivity contribution in [2.24, 2.45) is 0 Å². The fourth-order valence-electron chi connectivity index (χ4n) is 3.23. The van der Waals surface area contributed by atoms with Crippen LogP contribution in [0, 0.1) is 0 Å². The Bertz CT molecular complexity index is 723. The molecular weight excluding hydrogens is 340 g/mol. The van der Waals surface area contributed by atoms with Crippen LogP contribution in [0.4, 0.5) is 5.69 Å². The average molecular weight is 368 g/mol. The molecule has 1 aliphatic rings. The zero-order chi connectivity index (χ0) is 18.8. The van der Waals surface area contributed by atoms with Gasteiger partial charge in [0.05, 0.1) is 22.8 Å². The maximum absolute atomic E-state index is 12.1. The zero-order valence-corrected chi connectivity index (χ0v) is 16.5. The van der Waals surface area contributed by atoms with Gasteiger partial charge in [-0.2, -0.15) is 0 Å². The van der Waals surface area contributed by atoms with Crippen LogP contribution in [0.15, 0.2) is 23.1 Å². The molecule has 2 atom stereocenters. The number of nitrogens with zero attached hydrogens (tertiary/aromatic N) is 2. The monoisotopic (exact) mass is 368 g/mol. The summed E-state index contributed by atoms with van der Waals surface area (Å²) in [5, 5.41) is 0. The highest BCUT2D eigenvalue weighted by Gasteiger charge is 2.23. The first kappa shape index (κ1) is 19.9. The van der Waals surface area contributed by atoms with Crippen molar-refractivity contribution < 1.29 is 17.9 Å². The SMILES string of the molecule is CC(=O)c1ccc(S(C)(=O)=O)c(N(C)CCN2C[C@@H](C)O[C@@H](C)C2)c1. The molecule has 0 saturated carbocycles. The van der Waals surface area contributed by atoms with Gasteiger partial charge in [0.15, 0.2) is 15.6 Å². The lowest BCUT2D eigenvalue weighted by Crippen LogP contribution is -2.47. The second-order valence-corrected chi connectivity index (χ2v) is 8.93. The molecule has 0 spiro atoms. The van der Waals surface area contributed by atoms with Gasteiger partial charge < -0.3 is 9.64 Å². The molecule has 1 fully saturated rings. The van der Waals surface area contributed by atoms with E-state index in [1.165, 1.54) is 19.2 Å². The van der Waals surface area contributed by atoms with Crippen molar-refractivity contribution in [1.82, 2.24) is 4.90 Å². The summed E-state index contributed by atoms with van der Waals surface area (Å²) in [5.74, 6) is -0.0782. The Labute approximate surface area is 150 Å². The van der Waals surface area contributed by atoms with Gasteiger partial charge in [-0.25, -0.2) is 8.42 Å². The lowest BCUT2D eigenvalue weighted by atomic mass is 10.1. The van der Waals surface area contributed by atoms with Gasteiger partial charge in [-0.3, -0.25) is 9.69 Å². The van der Waals surface area contributed by atoms with Gasteiger partial charge >= 0.3 is 0 Å². The van der Waals surface area contributed by atoms with Crippen molar-refractivity contribution in [1.29, 1.82) is 0 Å². The van der Waals surface area contributed by atoms with Crippen LogP contribution in [0.2, 0.25) is 0 Å². The molecule has 1 heterocycles. The molecule has 0 aromatic heterocycles. The fourth-order valence-corrected chi connectivity index (χ4v) is 4.14. The number of morpholine rings is 1. The van der Waals surface area contributed by atoms with Gasteiger partial charge in [0.1, 0.15) is 0 Å². The van der Waals surface area contributed by atoms with E-state index in [0.717, 1.165) is 19.6 Å². The van der Waals surface area contributed by atoms with E-state index in [0.29, 0.717) is 17.8 Å². The van der Waals surface area contributed by atoms with E-state index in [9.17, 15) is 13.2 Å². The second kappa shape index (κ2) is 7.85. The molecule has 0 bridgehead atoms. The Balaban J connectivity index is 2.18. The van der Waals surface area contributed by atoms with Gasteiger partial charge in [0.25, 0.3) is 0 Å².